The fourth-order valence-electron chi connectivity index (χ4n) is 5.15. The Labute approximate surface area is 204 Å². The molecular weight excluding hydrogens is 455 g/mol. The summed E-state index contributed by atoms with van der Waals surface area (Å²) in [6.07, 6.45) is 5.97. The number of aliphatic imine (C=N–C) groups is 1. The molecule has 0 spiro atoms. The number of benzene rings is 2. The monoisotopic (exact) mass is 482 g/mol. The number of carbonyl (C=O) groups excluding carboxylic acids is 2. The van der Waals surface area contributed by atoms with E-state index in [1.165, 1.54) is 6.07 Å². The number of piperazine rings is 1. The van der Waals surface area contributed by atoms with Crippen LogP contribution in [0.2, 0.25) is 5.02 Å². The van der Waals surface area contributed by atoms with Crippen molar-refractivity contribution in [1.29, 1.82) is 0 Å². The van der Waals surface area contributed by atoms with Crippen LogP contribution in [0.4, 0.5) is 10.1 Å². The molecule has 2 heterocycles. The molecule has 0 bridgehead atoms. The molecule has 0 unspecified atom stereocenters. The average molecular weight is 483 g/mol. The topological polar surface area (TPSA) is 56.2 Å². The standard InChI is InChI=1S/C26H28ClFN4O2/c27-21-6-8-24-20(14-21)15-29-17-32(24)16-18-5-7-23(28)22(13-18)26(34)31-11-9-30(10-12-31)25(33)19-3-1-2-4-19/h5-8,13-15,19H,1-4,9-12,16-17H2. The van der Waals surface area contributed by atoms with E-state index < -0.39 is 5.82 Å². The van der Waals surface area contributed by atoms with Gasteiger partial charge < -0.3 is 14.7 Å². The lowest BCUT2D eigenvalue weighted by atomic mass is 10.1. The zero-order valence-corrected chi connectivity index (χ0v) is 19.8. The van der Waals surface area contributed by atoms with E-state index >= 15 is 0 Å². The van der Waals surface area contributed by atoms with Gasteiger partial charge in [0.1, 0.15) is 12.5 Å². The van der Waals surface area contributed by atoms with Crippen LogP contribution in [0.5, 0.6) is 0 Å². The van der Waals surface area contributed by atoms with Crippen molar-refractivity contribution in [2.45, 2.75) is 32.2 Å². The van der Waals surface area contributed by atoms with Gasteiger partial charge >= 0.3 is 0 Å². The first-order valence-corrected chi connectivity index (χ1v) is 12.3. The zero-order chi connectivity index (χ0) is 23.7. The first kappa shape index (κ1) is 22.8. The van der Waals surface area contributed by atoms with Crippen LogP contribution in [0.15, 0.2) is 41.4 Å². The Morgan fingerprint density at radius 2 is 1.74 bits per heavy atom. The summed E-state index contributed by atoms with van der Waals surface area (Å²) >= 11 is 6.10. The Morgan fingerprint density at radius 3 is 2.50 bits per heavy atom. The molecule has 178 valence electrons. The third-order valence-corrected chi connectivity index (χ3v) is 7.27. The summed E-state index contributed by atoms with van der Waals surface area (Å²) in [5, 5.41) is 0.645. The summed E-state index contributed by atoms with van der Waals surface area (Å²) in [5.74, 6) is -0.501. The SMILES string of the molecule is O=C(c1cc(CN2CN=Cc3cc(Cl)ccc32)ccc1F)N1CCN(C(=O)C2CCCC2)CC1. The molecule has 5 rings (SSSR count). The summed E-state index contributed by atoms with van der Waals surface area (Å²) in [4.78, 5) is 35.8. The van der Waals surface area contributed by atoms with Crippen molar-refractivity contribution in [3.05, 3.63) is 63.9 Å². The molecule has 0 aromatic heterocycles. The van der Waals surface area contributed by atoms with E-state index in [1.54, 1.807) is 23.2 Å². The molecule has 1 saturated carbocycles. The van der Waals surface area contributed by atoms with Gasteiger partial charge in [0.25, 0.3) is 5.91 Å². The molecule has 0 N–H and O–H groups in total. The van der Waals surface area contributed by atoms with Crippen molar-refractivity contribution in [2.24, 2.45) is 10.9 Å². The van der Waals surface area contributed by atoms with Gasteiger partial charge in [0.15, 0.2) is 0 Å². The van der Waals surface area contributed by atoms with Crippen LogP contribution in [0.25, 0.3) is 0 Å². The number of hydrogen-bond acceptors (Lipinski definition) is 4. The minimum absolute atomic E-state index is 0.0740. The third-order valence-electron chi connectivity index (χ3n) is 7.03. The van der Waals surface area contributed by atoms with E-state index in [1.807, 2.05) is 23.1 Å². The normalized spacial score (nSPS) is 18.4. The average Bonchev–Trinajstić information content (AvgIpc) is 3.39. The Bertz CT molecular complexity index is 1120. The zero-order valence-electron chi connectivity index (χ0n) is 19.1. The maximum Gasteiger partial charge on any atom is 0.256 e. The molecule has 0 radical (unpaired) electrons. The smallest absolute Gasteiger partial charge is 0.256 e. The molecule has 3 aliphatic rings. The number of rotatable bonds is 4. The minimum atomic E-state index is -0.526. The molecule has 2 aromatic carbocycles. The van der Waals surface area contributed by atoms with Crippen LogP contribution in [0.1, 0.15) is 47.2 Å². The van der Waals surface area contributed by atoms with E-state index in [9.17, 15) is 14.0 Å². The maximum atomic E-state index is 14.7. The molecule has 2 aliphatic heterocycles. The lowest BCUT2D eigenvalue weighted by molar-refractivity contribution is -0.136. The van der Waals surface area contributed by atoms with Gasteiger partial charge in [-0.1, -0.05) is 30.5 Å². The van der Waals surface area contributed by atoms with Crippen molar-refractivity contribution in [2.75, 3.05) is 37.7 Å². The van der Waals surface area contributed by atoms with Crippen molar-refractivity contribution in [1.82, 2.24) is 9.80 Å². The fourth-order valence-corrected chi connectivity index (χ4v) is 5.33. The summed E-state index contributed by atoms with van der Waals surface area (Å²) in [6.45, 7) is 2.84. The van der Waals surface area contributed by atoms with Crippen LogP contribution in [-0.2, 0) is 11.3 Å². The van der Waals surface area contributed by atoms with Crippen molar-refractivity contribution < 1.29 is 14.0 Å². The van der Waals surface area contributed by atoms with Gasteiger partial charge in [0.2, 0.25) is 5.91 Å². The van der Waals surface area contributed by atoms with Crippen molar-refractivity contribution >= 4 is 35.3 Å². The van der Waals surface area contributed by atoms with Crippen LogP contribution >= 0.6 is 11.6 Å². The Balaban J connectivity index is 1.26. The van der Waals surface area contributed by atoms with Gasteiger partial charge in [-0.3, -0.25) is 14.6 Å². The molecule has 8 heteroatoms. The molecule has 1 aliphatic carbocycles. The summed E-state index contributed by atoms with van der Waals surface area (Å²) in [5.41, 5.74) is 2.84. The van der Waals surface area contributed by atoms with Gasteiger partial charge in [-0.15, -0.1) is 0 Å². The number of nitrogens with zero attached hydrogens (tertiary/aromatic N) is 4. The Hall–Kier alpha value is -2.93. The molecule has 1 saturated heterocycles. The van der Waals surface area contributed by atoms with Gasteiger partial charge in [0, 0.05) is 61.1 Å². The summed E-state index contributed by atoms with van der Waals surface area (Å²) in [7, 11) is 0. The lowest BCUT2D eigenvalue weighted by Crippen LogP contribution is -2.51. The molecule has 2 amide bonds. The molecule has 2 aromatic rings. The number of anilines is 1. The van der Waals surface area contributed by atoms with Crippen LogP contribution in [-0.4, -0.2) is 60.7 Å². The Kier molecular flexibility index (Phi) is 6.55. The molecule has 34 heavy (non-hydrogen) atoms. The third kappa shape index (κ3) is 4.67. The van der Waals surface area contributed by atoms with Gasteiger partial charge in [-0.05, 0) is 48.7 Å². The highest BCUT2D eigenvalue weighted by Gasteiger charge is 2.31. The van der Waals surface area contributed by atoms with Crippen molar-refractivity contribution in [3.63, 3.8) is 0 Å². The second-order valence-corrected chi connectivity index (χ2v) is 9.70. The highest BCUT2D eigenvalue weighted by atomic mass is 35.5. The Morgan fingerprint density at radius 1 is 1.00 bits per heavy atom. The quantitative estimate of drug-likeness (QED) is 0.651. The van der Waals surface area contributed by atoms with Gasteiger partial charge in [0.05, 0.1) is 5.56 Å². The first-order chi connectivity index (χ1) is 16.5. The maximum absolute atomic E-state index is 14.7. The lowest BCUT2D eigenvalue weighted by Gasteiger charge is -2.36. The number of amides is 2. The fraction of sp³-hybridized carbons (Fsp3) is 0.423. The van der Waals surface area contributed by atoms with Gasteiger partial charge in [-0.25, -0.2) is 4.39 Å². The largest absolute Gasteiger partial charge is 0.347 e. The van der Waals surface area contributed by atoms with Crippen LogP contribution in [0, 0.1) is 11.7 Å². The predicted molar refractivity (Wildman–Crippen MR) is 131 cm³/mol. The summed E-state index contributed by atoms with van der Waals surface area (Å²) in [6, 6.07) is 10.4. The number of hydrogen-bond donors (Lipinski definition) is 0. The minimum Gasteiger partial charge on any atom is -0.347 e. The first-order valence-electron chi connectivity index (χ1n) is 11.9. The molecule has 6 nitrogen and oxygen atoms in total. The predicted octanol–water partition coefficient (Wildman–Crippen LogP) is 4.35. The molecule has 0 atom stereocenters. The van der Waals surface area contributed by atoms with Gasteiger partial charge in [-0.2, -0.15) is 0 Å². The van der Waals surface area contributed by atoms with Crippen molar-refractivity contribution in [3.8, 4) is 0 Å². The highest BCUT2D eigenvalue weighted by Crippen LogP contribution is 2.29. The van der Waals surface area contributed by atoms with E-state index in [0.29, 0.717) is 44.4 Å². The molecule has 2 fully saturated rings. The number of halogens is 2. The second kappa shape index (κ2) is 9.74. The second-order valence-electron chi connectivity index (χ2n) is 9.27. The van der Waals surface area contributed by atoms with E-state index in [2.05, 4.69) is 9.89 Å². The van der Waals surface area contributed by atoms with E-state index in [4.69, 9.17) is 11.6 Å². The number of fused-ring (bicyclic) bond motifs is 1. The number of carbonyl (C=O) groups is 2. The van der Waals surface area contributed by atoms with Crippen LogP contribution < -0.4 is 4.90 Å². The highest BCUT2D eigenvalue weighted by molar-refractivity contribution is 6.31. The molecular formula is C26H28ClFN4O2. The van der Waals surface area contributed by atoms with Crippen LogP contribution in [0.3, 0.4) is 0 Å². The summed E-state index contributed by atoms with van der Waals surface area (Å²) < 4.78 is 14.7. The van der Waals surface area contributed by atoms with E-state index in [-0.39, 0.29) is 23.3 Å². The van der Waals surface area contributed by atoms with E-state index in [0.717, 1.165) is 42.5 Å².